The standard InChI is InChI=1S/C21H21N3O5/c1-2-4-14-10-15(22-28-14)17-5-3-8-24(17)21(25)16-11-19(29-23-16)13-6-7-18-20(9-13)27-12-26-18/h6-7,9-11,17H,2-5,8,12H2,1H3/t17-/m1/s1. The molecule has 0 unspecified atom stereocenters. The quantitative estimate of drug-likeness (QED) is 0.645. The maximum absolute atomic E-state index is 13.1. The Bertz CT molecular complexity index is 1040. The first-order chi connectivity index (χ1) is 14.2. The molecule has 1 saturated heterocycles. The minimum atomic E-state index is -0.164. The highest BCUT2D eigenvalue weighted by Crippen LogP contribution is 2.37. The predicted molar refractivity (Wildman–Crippen MR) is 102 cm³/mol. The largest absolute Gasteiger partial charge is 0.454 e. The predicted octanol–water partition coefficient (Wildman–Crippen LogP) is 3.99. The second-order valence-electron chi connectivity index (χ2n) is 7.27. The van der Waals surface area contributed by atoms with Gasteiger partial charge in [-0.05, 0) is 37.5 Å². The molecule has 0 bridgehead atoms. The monoisotopic (exact) mass is 395 g/mol. The van der Waals surface area contributed by atoms with Crippen LogP contribution in [0.1, 0.15) is 54.2 Å². The van der Waals surface area contributed by atoms with Crippen LogP contribution in [-0.4, -0.2) is 34.5 Å². The summed E-state index contributed by atoms with van der Waals surface area (Å²) in [6.45, 7) is 2.96. The van der Waals surface area contributed by atoms with Crippen LogP contribution in [-0.2, 0) is 6.42 Å². The van der Waals surface area contributed by atoms with Crippen molar-refractivity contribution in [2.24, 2.45) is 0 Å². The third kappa shape index (κ3) is 3.24. The highest BCUT2D eigenvalue weighted by Gasteiger charge is 2.34. The van der Waals surface area contributed by atoms with Gasteiger partial charge < -0.3 is 23.4 Å². The smallest absolute Gasteiger partial charge is 0.276 e. The molecule has 0 spiro atoms. The minimum Gasteiger partial charge on any atom is -0.454 e. The molecule has 0 N–H and O–H groups in total. The molecule has 0 saturated carbocycles. The Morgan fingerprint density at radius 2 is 2.03 bits per heavy atom. The van der Waals surface area contributed by atoms with Gasteiger partial charge in [0.15, 0.2) is 23.0 Å². The minimum absolute atomic E-state index is 0.0949. The zero-order valence-electron chi connectivity index (χ0n) is 16.1. The number of likely N-dealkylation sites (tertiary alicyclic amines) is 1. The molecule has 3 aromatic rings. The van der Waals surface area contributed by atoms with E-state index in [1.807, 2.05) is 24.3 Å². The van der Waals surface area contributed by atoms with E-state index >= 15 is 0 Å². The Morgan fingerprint density at radius 1 is 1.14 bits per heavy atom. The van der Waals surface area contributed by atoms with Crippen molar-refractivity contribution in [3.05, 3.63) is 47.5 Å². The van der Waals surface area contributed by atoms with Crippen LogP contribution < -0.4 is 9.47 Å². The van der Waals surface area contributed by atoms with E-state index in [4.69, 9.17) is 18.5 Å². The lowest BCUT2D eigenvalue weighted by Crippen LogP contribution is -2.30. The number of carbonyl (C=O) groups is 1. The van der Waals surface area contributed by atoms with Gasteiger partial charge in [0.2, 0.25) is 6.79 Å². The van der Waals surface area contributed by atoms with Crippen molar-refractivity contribution < 1.29 is 23.3 Å². The lowest BCUT2D eigenvalue weighted by molar-refractivity contribution is 0.0720. The average Bonchev–Trinajstić information content (AvgIpc) is 3.53. The van der Waals surface area contributed by atoms with Crippen molar-refractivity contribution in [2.45, 2.75) is 38.6 Å². The topological polar surface area (TPSA) is 90.8 Å². The number of ether oxygens (including phenoxy) is 2. The fraction of sp³-hybridized carbons (Fsp3) is 0.381. The Morgan fingerprint density at radius 3 is 2.93 bits per heavy atom. The van der Waals surface area contributed by atoms with Gasteiger partial charge in [-0.25, -0.2) is 0 Å². The highest BCUT2D eigenvalue weighted by atomic mass is 16.7. The number of carbonyl (C=O) groups excluding carboxylic acids is 1. The van der Waals surface area contributed by atoms with Crippen LogP contribution in [0, 0.1) is 0 Å². The van der Waals surface area contributed by atoms with E-state index in [1.165, 1.54) is 0 Å². The molecule has 5 rings (SSSR count). The first kappa shape index (κ1) is 17.8. The summed E-state index contributed by atoms with van der Waals surface area (Å²) in [4.78, 5) is 14.9. The van der Waals surface area contributed by atoms with Gasteiger partial charge in [0, 0.05) is 30.7 Å². The zero-order valence-corrected chi connectivity index (χ0v) is 16.1. The Labute approximate surface area is 167 Å². The molecule has 8 nitrogen and oxygen atoms in total. The third-order valence-electron chi connectivity index (χ3n) is 5.32. The number of aromatic nitrogens is 2. The second kappa shape index (κ2) is 7.27. The summed E-state index contributed by atoms with van der Waals surface area (Å²) in [5.74, 6) is 2.55. The van der Waals surface area contributed by atoms with E-state index in [9.17, 15) is 4.79 Å². The van der Waals surface area contributed by atoms with Crippen molar-refractivity contribution in [3.63, 3.8) is 0 Å². The first-order valence-electron chi connectivity index (χ1n) is 9.86. The van der Waals surface area contributed by atoms with Crippen LogP contribution in [0.15, 0.2) is 39.4 Å². The fourth-order valence-corrected chi connectivity index (χ4v) is 3.88. The molecule has 1 atom stereocenters. The summed E-state index contributed by atoms with van der Waals surface area (Å²) >= 11 is 0. The van der Waals surface area contributed by atoms with Crippen LogP contribution in [0.25, 0.3) is 11.3 Å². The number of rotatable bonds is 5. The maximum atomic E-state index is 13.1. The van der Waals surface area contributed by atoms with Crippen molar-refractivity contribution >= 4 is 5.91 Å². The van der Waals surface area contributed by atoms with E-state index in [2.05, 4.69) is 17.2 Å². The summed E-state index contributed by atoms with van der Waals surface area (Å²) < 4.78 is 21.6. The maximum Gasteiger partial charge on any atom is 0.276 e. The van der Waals surface area contributed by atoms with Crippen molar-refractivity contribution in [3.8, 4) is 22.8 Å². The van der Waals surface area contributed by atoms with E-state index in [1.54, 1.807) is 11.0 Å². The van der Waals surface area contributed by atoms with Crippen molar-refractivity contribution in [1.29, 1.82) is 0 Å². The Balaban J connectivity index is 1.36. The third-order valence-corrected chi connectivity index (χ3v) is 5.32. The molecular formula is C21H21N3O5. The van der Waals surface area contributed by atoms with Crippen LogP contribution >= 0.6 is 0 Å². The molecule has 29 heavy (non-hydrogen) atoms. The van der Waals surface area contributed by atoms with Crippen LogP contribution in [0.5, 0.6) is 11.5 Å². The zero-order chi connectivity index (χ0) is 19.8. The molecule has 4 heterocycles. The summed E-state index contributed by atoms with van der Waals surface area (Å²) in [5, 5.41) is 8.20. The van der Waals surface area contributed by atoms with E-state index in [0.29, 0.717) is 23.8 Å². The van der Waals surface area contributed by atoms with Crippen LogP contribution in [0.3, 0.4) is 0 Å². The molecule has 1 aromatic carbocycles. The molecule has 0 radical (unpaired) electrons. The molecule has 2 aromatic heterocycles. The summed E-state index contributed by atoms with van der Waals surface area (Å²) in [6, 6.07) is 9.02. The molecule has 1 fully saturated rings. The van der Waals surface area contributed by atoms with Gasteiger partial charge in [-0.1, -0.05) is 17.2 Å². The number of amides is 1. The molecule has 0 aliphatic carbocycles. The van der Waals surface area contributed by atoms with Crippen molar-refractivity contribution in [1.82, 2.24) is 15.2 Å². The van der Waals surface area contributed by atoms with Crippen molar-refractivity contribution in [2.75, 3.05) is 13.3 Å². The van der Waals surface area contributed by atoms with E-state index in [0.717, 1.165) is 42.7 Å². The number of aryl methyl sites for hydroxylation is 1. The Kier molecular flexibility index (Phi) is 4.46. The van der Waals surface area contributed by atoms with Crippen LogP contribution in [0.4, 0.5) is 0 Å². The molecule has 2 aliphatic rings. The lowest BCUT2D eigenvalue weighted by Gasteiger charge is -2.21. The van der Waals surface area contributed by atoms with E-state index in [-0.39, 0.29) is 24.4 Å². The summed E-state index contributed by atoms with van der Waals surface area (Å²) in [7, 11) is 0. The first-order valence-corrected chi connectivity index (χ1v) is 9.86. The number of fused-ring (bicyclic) bond motifs is 1. The SMILES string of the molecule is CCCc1cc([C@H]2CCCN2C(=O)c2cc(-c3ccc4c(c3)OCO4)on2)no1. The van der Waals surface area contributed by atoms with Crippen LogP contribution in [0.2, 0.25) is 0 Å². The van der Waals surface area contributed by atoms with Gasteiger partial charge in [0.25, 0.3) is 5.91 Å². The number of benzene rings is 1. The van der Waals surface area contributed by atoms with Gasteiger partial charge in [-0.3, -0.25) is 4.79 Å². The van der Waals surface area contributed by atoms with Gasteiger partial charge in [-0.2, -0.15) is 0 Å². The number of nitrogens with zero attached hydrogens (tertiary/aromatic N) is 3. The van der Waals surface area contributed by atoms with Gasteiger partial charge in [0.1, 0.15) is 11.5 Å². The Hall–Kier alpha value is -3.29. The van der Waals surface area contributed by atoms with E-state index < -0.39 is 0 Å². The molecular weight excluding hydrogens is 374 g/mol. The normalized spacial score (nSPS) is 17.8. The molecule has 8 heteroatoms. The summed E-state index contributed by atoms with van der Waals surface area (Å²) in [6.07, 6.45) is 3.61. The van der Waals surface area contributed by atoms with Gasteiger partial charge in [0.05, 0.1) is 6.04 Å². The highest BCUT2D eigenvalue weighted by molar-refractivity contribution is 5.93. The molecule has 1 amide bonds. The van der Waals surface area contributed by atoms with Gasteiger partial charge >= 0.3 is 0 Å². The fourth-order valence-electron chi connectivity index (χ4n) is 3.88. The molecule has 2 aliphatic heterocycles. The molecule has 150 valence electrons. The number of hydrogen-bond donors (Lipinski definition) is 0. The average molecular weight is 395 g/mol. The summed E-state index contributed by atoms with van der Waals surface area (Å²) in [5.41, 5.74) is 1.86. The lowest BCUT2D eigenvalue weighted by atomic mass is 10.1. The number of hydrogen-bond acceptors (Lipinski definition) is 7. The second-order valence-corrected chi connectivity index (χ2v) is 7.27. The van der Waals surface area contributed by atoms with Gasteiger partial charge in [-0.15, -0.1) is 0 Å².